The predicted molar refractivity (Wildman–Crippen MR) is 78.3 cm³/mol. The van der Waals surface area contributed by atoms with E-state index in [2.05, 4.69) is 0 Å². The summed E-state index contributed by atoms with van der Waals surface area (Å²) in [5.74, 6) is -0.381. The van der Waals surface area contributed by atoms with Gasteiger partial charge in [0.1, 0.15) is 5.75 Å². The van der Waals surface area contributed by atoms with Gasteiger partial charge < -0.3 is 14.7 Å². The van der Waals surface area contributed by atoms with E-state index in [0.29, 0.717) is 32.4 Å². The number of carboxylic acids is 1. The smallest absolute Gasteiger partial charge is 0.308 e. The van der Waals surface area contributed by atoms with Crippen molar-refractivity contribution in [1.82, 2.24) is 4.90 Å². The van der Waals surface area contributed by atoms with E-state index in [1.165, 1.54) is 0 Å². The van der Waals surface area contributed by atoms with E-state index < -0.39 is 11.9 Å². The Morgan fingerprint density at radius 3 is 2.67 bits per heavy atom. The molecule has 0 aliphatic carbocycles. The lowest BCUT2D eigenvalue weighted by molar-refractivity contribution is -0.145. The van der Waals surface area contributed by atoms with Crippen LogP contribution in [0.5, 0.6) is 5.75 Å². The van der Waals surface area contributed by atoms with Crippen LogP contribution in [0.1, 0.15) is 24.8 Å². The second kappa shape index (κ2) is 7.11. The zero-order valence-electron chi connectivity index (χ0n) is 12.2. The van der Waals surface area contributed by atoms with Gasteiger partial charge in [0.05, 0.1) is 13.0 Å². The number of carbonyl (C=O) groups is 2. The van der Waals surface area contributed by atoms with Crippen molar-refractivity contribution in [3.63, 3.8) is 0 Å². The second-order valence-corrected chi connectivity index (χ2v) is 5.37. The van der Waals surface area contributed by atoms with Gasteiger partial charge in [-0.15, -0.1) is 0 Å². The lowest BCUT2D eigenvalue weighted by atomic mass is 9.97. The van der Waals surface area contributed by atoms with Crippen LogP contribution in [0.15, 0.2) is 24.3 Å². The van der Waals surface area contributed by atoms with E-state index in [-0.39, 0.29) is 5.91 Å². The molecule has 1 aromatic rings. The molecule has 1 amide bonds. The summed E-state index contributed by atoms with van der Waals surface area (Å²) in [5.41, 5.74) is 1.08. The fourth-order valence-corrected chi connectivity index (χ4v) is 2.61. The Balaban J connectivity index is 1.84. The van der Waals surface area contributed by atoms with Crippen molar-refractivity contribution in [2.75, 3.05) is 20.2 Å². The van der Waals surface area contributed by atoms with Crippen molar-refractivity contribution < 1.29 is 19.4 Å². The van der Waals surface area contributed by atoms with E-state index in [9.17, 15) is 9.59 Å². The van der Waals surface area contributed by atoms with Gasteiger partial charge >= 0.3 is 5.97 Å². The monoisotopic (exact) mass is 291 g/mol. The van der Waals surface area contributed by atoms with Gasteiger partial charge in [-0.1, -0.05) is 12.1 Å². The van der Waals surface area contributed by atoms with Crippen LogP contribution in [0.3, 0.4) is 0 Å². The number of methoxy groups -OCH3 is 1. The van der Waals surface area contributed by atoms with Crippen LogP contribution in [0.25, 0.3) is 0 Å². The third kappa shape index (κ3) is 4.21. The number of piperidine rings is 1. The van der Waals surface area contributed by atoms with Crippen molar-refractivity contribution in [2.45, 2.75) is 25.7 Å². The van der Waals surface area contributed by atoms with Gasteiger partial charge in [0, 0.05) is 19.5 Å². The highest BCUT2D eigenvalue weighted by molar-refractivity contribution is 5.78. The number of hydrogen-bond donors (Lipinski definition) is 1. The third-order valence-electron chi connectivity index (χ3n) is 3.91. The lowest BCUT2D eigenvalue weighted by Crippen LogP contribution is -2.42. The van der Waals surface area contributed by atoms with Gasteiger partial charge in [-0.3, -0.25) is 9.59 Å². The van der Waals surface area contributed by atoms with Crippen LogP contribution in [0.2, 0.25) is 0 Å². The van der Waals surface area contributed by atoms with Crippen molar-refractivity contribution in [3.05, 3.63) is 29.8 Å². The highest BCUT2D eigenvalue weighted by atomic mass is 16.5. The quantitative estimate of drug-likeness (QED) is 0.900. The summed E-state index contributed by atoms with van der Waals surface area (Å²) < 4.78 is 5.09. The summed E-state index contributed by atoms with van der Waals surface area (Å²) in [7, 11) is 1.62. The molecule has 21 heavy (non-hydrogen) atoms. The first-order valence-corrected chi connectivity index (χ1v) is 7.23. The Hall–Kier alpha value is -2.04. The number of rotatable bonds is 5. The van der Waals surface area contributed by atoms with Crippen LogP contribution in [0.4, 0.5) is 0 Å². The molecule has 0 aromatic heterocycles. The molecule has 0 saturated carbocycles. The molecule has 0 spiro atoms. The molecule has 1 unspecified atom stereocenters. The van der Waals surface area contributed by atoms with E-state index in [1.54, 1.807) is 12.0 Å². The largest absolute Gasteiger partial charge is 0.497 e. The van der Waals surface area contributed by atoms with Crippen molar-refractivity contribution in [3.8, 4) is 5.75 Å². The molecule has 0 bridgehead atoms. The lowest BCUT2D eigenvalue weighted by Gasteiger charge is -2.30. The van der Waals surface area contributed by atoms with Gasteiger partial charge in [0.2, 0.25) is 5.91 Å². The normalized spacial score (nSPS) is 18.3. The summed E-state index contributed by atoms with van der Waals surface area (Å²) in [5, 5.41) is 9.05. The predicted octanol–water partition coefficient (Wildman–Crippen LogP) is 1.95. The third-order valence-corrected chi connectivity index (χ3v) is 3.91. The number of ether oxygens (including phenoxy) is 1. The molecule has 1 atom stereocenters. The van der Waals surface area contributed by atoms with Crippen molar-refractivity contribution in [2.24, 2.45) is 5.92 Å². The van der Waals surface area contributed by atoms with Gasteiger partial charge in [-0.2, -0.15) is 0 Å². The Kier molecular flexibility index (Phi) is 5.20. The molecular formula is C16H21NO4. The first-order chi connectivity index (χ1) is 10.1. The molecule has 5 nitrogen and oxygen atoms in total. The van der Waals surface area contributed by atoms with Crippen molar-refractivity contribution >= 4 is 11.9 Å². The Morgan fingerprint density at radius 1 is 1.33 bits per heavy atom. The molecule has 0 radical (unpaired) electrons. The van der Waals surface area contributed by atoms with Crippen LogP contribution in [0, 0.1) is 5.92 Å². The molecule has 1 aromatic carbocycles. The van der Waals surface area contributed by atoms with Crippen LogP contribution >= 0.6 is 0 Å². The van der Waals surface area contributed by atoms with E-state index in [0.717, 1.165) is 17.7 Å². The standard InChI is InChI=1S/C16H21NO4/c1-21-14-7-4-12(5-8-14)6-9-15(18)17-10-2-3-13(11-17)16(19)20/h4-5,7-8,13H,2-3,6,9-11H2,1H3,(H,19,20). The van der Waals surface area contributed by atoms with E-state index >= 15 is 0 Å². The van der Waals surface area contributed by atoms with Crippen LogP contribution in [-0.2, 0) is 16.0 Å². The second-order valence-electron chi connectivity index (χ2n) is 5.37. The molecule has 1 aliphatic heterocycles. The summed E-state index contributed by atoms with van der Waals surface area (Å²) >= 11 is 0. The summed E-state index contributed by atoms with van der Waals surface area (Å²) in [4.78, 5) is 24.9. The zero-order valence-corrected chi connectivity index (χ0v) is 12.2. The average molecular weight is 291 g/mol. The topological polar surface area (TPSA) is 66.8 Å². The summed E-state index contributed by atoms with van der Waals surface area (Å²) in [6.07, 6.45) is 2.51. The molecule has 1 saturated heterocycles. The van der Waals surface area contributed by atoms with E-state index in [1.807, 2.05) is 24.3 Å². The first-order valence-electron chi connectivity index (χ1n) is 7.23. The number of hydrogen-bond acceptors (Lipinski definition) is 3. The molecular weight excluding hydrogens is 270 g/mol. The first kappa shape index (κ1) is 15.4. The number of likely N-dealkylation sites (tertiary alicyclic amines) is 1. The molecule has 1 fully saturated rings. The molecule has 114 valence electrons. The highest BCUT2D eigenvalue weighted by Gasteiger charge is 2.27. The maximum atomic E-state index is 12.2. The minimum atomic E-state index is -0.803. The molecule has 2 rings (SSSR count). The number of aliphatic carboxylic acids is 1. The molecule has 5 heteroatoms. The number of aryl methyl sites for hydroxylation is 1. The SMILES string of the molecule is COc1ccc(CCC(=O)N2CCCC(C(=O)O)C2)cc1. The summed E-state index contributed by atoms with van der Waals surface area (Å²) in [6, 6.07) is 7.65. The Bertz CT molecular complexity index is 498. The van der Waals surface area contributed by atoms with Gasteiger partial charge in [0.15, 0.2) is 0 Å². The number of carboxylic acid groups (broad SMARTS) is 1. The van der Waals surface area contributed by atoms with Crippen LogP contribution in [-0.4, -0.2) is 42.1 Å². The van der Waals surface area contributed by atoms with Gasteiger partial charge in [-0.25, -0.2) is 0 Å². The molecule has 1 N–H and O–H groups in total. The zero-order chi connectivity index (χ0) is 15.2. The van der Waals surface area contributed by atoms with Crippen molar-refractivity contribution in [1.29, 1.82) is 0 Å². The molecule has 1 aliphatic rings. The Labute approximate surface area is 124 Å². The maximum Gasteiger partial charge on any atom is 0.308 e. The number of nitrogens with zero attached hydrogens (tertiary/aromatic N) is 1. The average Bonchev–Trinajstić information content (AvgIpc) is 2.53. The maximum absolute atomic E-state index is 12.2. The van der Waals surface area contributed by atoms with Gasteiger partial charge in [-0.05, 0) is 37.0 Å². The number of benzene rings is 1. The van der Waals surface area contributed by atoms with Crippen LogP contribution < -0.4 is 4.74 Å². The number of carbonyl (C=O) groups excluding carboxylic acids is 1. The number of amides is 1. The van der Waals surface area contributed by atoms with Gasteiger partial charge in [0.25, 0.3) is 0 Å². The molecule has 1 heterocycles. The highest BCUT2D eigenvalue weighted by Crippen LogP contribution is 2.18. The minimum absolute atomic E-state index is 0.0387. The van der Waals surface area contributed by atoms with E-state index in [4.69, 9.17) is 9.84 Å². The Morgan fingerprint density at radius 2 is 2.05 bits per heavy atom. The minimum Gasteiger partial charge on any atom is -0.497 e. The fraction of sp³-hybridized carbons (Fsp3) is 0.500. The fourth-order valence-electron chi connectivity index (χ4n) is 2.61. The summed E-state index contributed by atoms with van der Waals surface area (Å²) in [6.45, 7) is 1.02.